The maximum absolute atomic E-state index is 12.9. The Kier molecular flexibility index (Phi) is 7.15. The molecule has 2 N–H and O–H groups in total. The van der Waals surface area contributed by atoms with Crippen molar-refractivity contribution in [3.8, 4) is 5.75 Å². The number of alkyl halides is 3. The van der Waals surface area contributed by atoms with Crippen LogP contribution >= 0.6 is 0 Å². The molecular weight excluding hydrogens is 455 g/mol. The molecule has 3 rings (SSSR count). The lowest BCUT2D eigenvalue weighted by molar-refractivity contribution is -0.384. The number of non-ortho nitro benzene ring substituents is 1. The van der Waals surface area contributed by atoms with Crippen molar-refractivity contribution < 1.29 is 32.4 Å². The number of nitrogens with one attached hydrogen (secondary N) is 2. The zero-order chi connectivity index (χ0) is 24.9. The Balaban J connectivity index is 1.63. The normalized spacial score (nSPS) is 11.9. The average molecular weight is 473 g/mol. The van der Waals surface area contributed by atoms with Crippen LogP contribution in [0.15, 0.2) is 72.8 Å². The molecule has 0 saturated carbocycles. The van der Waals surface area contributed by atoms with Gasteiger partial charge in [0.2, 0.25) is 0 Å². The fourth-order valence-corrected chi connectivity index (χ4v) is 2.86. The first-order valence-electron chi connectivity index (χ1n) is 9.83. The Morgan fingerprint density at radius 3 is 2.18 bits per heavy atom. The van der Waals surface area contributed by atoms with Crippen LogP contribution in [0.2, 0.25) is 0 Å². The van der Waals surface area contributed by atoms with Crippen LogP contribution in [0.25, 0.3) is 0 Å². The third-order valence-corrected chi connectivity index (χ3v) is 4.57. The van der Waals surface area contributed by atoms with E-state index >= 15 is 0 Å². The van der Waals surface area contributed by atoms with Gasteiger partial charge in [-0.05, 0) is 55.5 Å². The van der Waals surface area contributed by atoms with Gasteiger partial charge in [0.05, 0.1) is 10.5 Å². The summed E-state index contributed by atoms with van der Waals surface area (Å²) < 4.78 is 44.1. The zero-order valence-electron chi connectivity index (χ0n) is 17.6. The lowest BCUT2D eigenvalue weighted by Gasteiger charge is -2.15. The van der Waals surface area contributed by atoms with Crippen LogP contribution in [0.4, 0.5) is 30.2 Å². The van der Waals surface area contributed by atoms with Crippen LogP contribution in [0.3, 0.4) is 0 Å². The number of benzene rings is 3. The van der Waals surface area contributed by atoms with E-state index in [1.54, 1.807) is 0 Å². The molecule has 11 heteroatoms. The van der Waals surface area contributed by atoms with Crippen LogP contribution in [-0.2, 0) is 11.0 Å². The molecule has 3 aromatic rings. The van der Waals surface area contributed by atoms with Gasteiger partial charge in [0.25, 0.3) is 17.5 Å². The van der Waals surface area contributed by atoms with Crippen LogP contribution in [-0.4, -0.2) is 22.8 Å². The van der Waals surface area contributed by atoms with Gasteiger partial charge >= 0.3 is 6.18 Å². The molecule has 2 amide bonds. The minimum atomic E-state index is -4.54. The van der Waals surface area contributed by atoms with E-state index in [-0.39, 0.29) is 28.4 Å². The molecule has 0 aliphatic rings. The Labute approximate surface area is 191 Å². The van der Waals surface area contributed by atoms with Crippen molar-refractivity contribution in [2.24, 2.45) is 0 Å². The van der Waals surface area contributed by atoms with Crippen LogP contribution in [0, 0.1) is 10.1 Å². The van der Waals surface area contributed by atoms with Gasteiger partial charge in [-0.15, -0.1) is 0 Å². The molecule has 0 fully saturated rings. The van der Waals surface area contributed by atoms with E-state index in [0.717, 1.165) is 12.1 Å². The summed E-state index contributed by atoms with van der Waals surface area (Å²) >= 11 is 0. The summed E-state index contributed by atoms with van der Waals surface area (Å²) in [4.78, 5) is 35.1. The second kappa shape index (κ2) is 10.0. The highest BCUT2D eigenvalue weighted by molar-refractivity contribution is 6.05. The summed E-state index contributed by atoms with van der Waals surface area (Å²) in [6.45, 7) is 1.47. The molecule has 8 nitrogen and oxygen atoms in total. The average Bonchev–Trinajstić information content (AvgIpc) is 2.79. The number of nitro groups is 1. The van der Waals surface area contributed by atoms with E-state index in [0.29, 0.717) is 0 Å². The van der Waals surface area contributed by atoms with Crippen molar-refractivity contribution in [2.75, 3.05) is 10.6 Å². The molecule has 1 atom stereocenters. The minimum Gasteiger partial charge on any atom is -0.481 e. The molecule has 176 valence electrons. The summed E-state index contributed by atoms with van der Waals surface area (Å²) in [5.41, 5.74) is -0.669. The minimum absolute atomic E-state index is 0.0283. The van der Waals surface area contributed by atoms with Crippen molar-refractivity contribution in [2.45, 2.75) is 19.2 Å². The van der Waals surface area contributed by atoms with Crippen LogP contribution in [0.1, 0.15) is 22.8 Å². The molecule has 1 unspecified atom stereocenters. The van der Waals surface area contributed by atoms with Gasteiger partial charge in [-0.3, -0.25) is 19.7 Å². The molecule has 0 heterocycles. The van der Waals surface area contributed by atoms with Crippen LogP contribution in [0.5, 0.6) is 5.75 Å². The second-order valence-corrected chi connectivity index (χ2v) is 7.11. The number of halogens is 3. The van der Waals surface area contributed by atoms with Gasteiger partial charge in [-0.2, -0.15) is 13.2 Å². The van der Waals surface area contributed by atoms with Crippen molar-refractivity contribution in [1.82, 2.24) is 0 Å². The summed E-state index contributed by atoms with van der Waals surface area (Å²) in [5.74, 6) is -0.957. The van der Waals surface area contributed by atoms with E-state index in [1.807, 2.05) is 0 Å². The van der Waals surface area contributed by atoms with Crippen molar-refractivity contribution in [1.29, 1.82) is 0 Å². The Bertz CT molecular complexity index is 1210. The number of anilines is 2. The zero-order valence-corrected chi connectivity index (χ0v) is 17.6. The molecule has 0 radical (unpaired) electrons. The molecule has 0 saturated heterocycles. The Hall–Kier alpha value is -4.41. The van der Waals surface area contributed by atoms with Crippen molar-refractivity contribution in [3.05, 3.63) is 94.0 Å². The van der Waals surface area contributed by atoms with E-state index in [4.69, 9.17) is 4.74 Å². The number of nitrogens with zero attached hydrogens (tertiary/aromatic N) is 1. The molecule has 0 aliphatic carbocycles. The van der Waals surface area contributed by atoms with E-state index in [2.05, 4.69) is 10.6 Å². The van der Waals surface area contributed by atoms with E-state index in [1.165, 1.54) is 67.6 Å². The number of hydrogen-bond acceptors (Lipinski definition) is 5. The van der Waals surface area contributed by atoms with Crippen molar-refractivity contribution in [3.63, 3.8) is 0 Å². The molecule has 34 heavy (non-hydrogen) atoms. The first-order chi connectivity index (χ1) is 16.0. The maximum Gasteiger partial charge on any atom is 0.416 e. The first-order valence-corrected chi connectivity index (χ1v) is 9.83. The van der Waals surface area contributed by atoms with Crippen LogP contribution < -0.4 is 15.4 Å². The molecule has 3 aromatic carbocycles. The fraction of sp³-hybridized carbons (Fsp3) is 0.130. The number of carbonyl (C=O) groups is 2. The highest BCUT2D eigenvalue weighted by atomic mass is 19.4. The standard InChI is InChI=1S/C23H18F3N3O5/c1-14(34-20-10-8-19(9-11-20)29(32)33)21(30)27-17-6-2-4-15(12-17)22(31)28-18-7-3-5-16(13-18)23(24,25)26/h2-14H,1H3,(H,27,30)(H,28,31). The first kappa shape index (κ1) is 24.2. The summed E-state index contributed by atoms with van der Waals surface area (Å²) in [5, 5.41) is 15.7. The topological polar surface area (TPSA) is 111 Å². The van der Waals surface area contributed by atoms with E-state index in [9.17, 15) is 32.9 Å². The Morgan fingerprint density at radius 1 is 0.941 bits per heavy atom. The quantitative estimate of drug-likeness (QED) is 0.359. The van der Waals surface area contributed by atoms with E-state index < -0.39 is 34.6 Å². The second-order valence-electron chi connectivity index (χ2n) is 7.11. The number of amides is 2. The smallest absolute Gasteiger partial charge is 0.416 e. The maximum atomic E-state index is 12.9. The molecule has 0 aromatic heterocycles. The highest BCUT2D eigenvalue weighted by Gasteiger charge is 2.30. The number of ether oxygens (including phenoxy) is 1. The van der Waals surface area contributed by atoms with Gasteiger partial charge < -0.3 is 15.4 Å². The third kappa shape index (κ3) is 6.31. The molecular formula is C23H18F3N3O5. The lowest BCUT2D eigenvalue weighted by Crippen LogP contribution is -2.30. The number of hydrogen-bond donors (Lipinski definition) is 2. The van der Waals surface area contributed by atoms with Gasteiger partial charge in [-0.25, -0.2) is 0 Å². The number of carbonyl (C=O) groups excluding carboxylic acids is 2. The number of nitro benzene ring substituents is 1. The predicted molar refractivity (Wildman–Crippen MR) is 118 cm³/mol. The SMILES string of the molecule is CC(Oc1ccc([N+](=O)[O-])cc1)C(=O)Nc1cccc(C(=O)Nc2cccc(C(F)(F)F)c2)c1. The molecule has 0 spiro atoms. The van der Waals surface area contributed by atoms with Gasteiger partial charge in [0.1, 0.15) is 5.75 Å². The monoisotopic (exact) mass is 473 g/mol. The Morgan fingerprint density at radius 2 is 1.56 bits per heavy atom. The molecule has 0 aliphatic heterocycles. The van der Waals surface area contributed by atoms with Crippen molar-refractivity contribution >= 4 is 28.9 Å². The largest absolute Gasteiger partial charge is 0.481 e. The highest BCUT2D eigenvalue weighted by Crippen LogP contribution is 2.30. The third-order valence-electron chi connectivity index (χ3n) is 4.57. The summed E-state index contributed by atoms with van der Waals surface area (Å²) in [6, 6.07) is 15.3. The number of rotatable bonds is 7. The molecule has 0 bridgehead atoms. The summed E-state index contributed by atoms with van der Waals surface area (Å²) in [6.07, 6.45) is -5.51. The fourth-order valence-electron chi connectivity index (χ4n) is 2.86. The predicted octanol–water partition coefficient (Wildman–Crippen LogP) is 5.27. The van der Waals surface area contributed by atoms with Gasteiger partial charge in [-0.1, -0.05) is 12.1 Å². The summed E-state index contributed by atoms with van der Waals surface area (Å²) in [7, 11) is 0. The lowest BCUT2D eigenvalue weighted by atomic mass is 10.1. The van der Waals surface area contributed by atoms with Gasteiger partial charge in [0.15, 0.2) is 6.10 Å². The van der Waals surface area contributed by atoms with Gasteiger partial charge in [0, 0.05) is 29.1 Å².